The average molecular weight is 540 g/mol. The summed E-state index contributed by atoms with van der Waals surface area (Å²) in [6.07, 6.45) is -13.0. The number of aromatic amines is 1. The minimum atomic E-state index is -1.50. The first-order valence-corrected chi connectivity index (χ1v) is 12.4. The number of nitrogens with one attached hydrogen (secondary N) is 1. The van der Waals surface area contributed by atoms with Crippen molar-refractivity contribution in [1.29, 1.82) is 0 Å². The van der Waals surface area contributed by atoms with Gasteiger partial charge >= 0.3 is 0 Å². The maximum Gasteiger partial charge on any atom is 0.147 e. The normalized spacial score (nSPS) is 34.8. The van der Waals surface area contributed by atoms with E-state index in [1.54, 1.807) is 12.1 Å². The zero-order valence-corrected chi connectivity index (χ0v) is 20.5. The standard InChI is InChI=1S/C28H29NO10/c30-11-21-25(34)27(36)23(32)19(38-21)7-3-13-1-5-15-16-6-2-14(10-18(16)29-17(15)9-13)4-8-20-24(33)28(37)26(35)22(12-31)39-20/h1-2,5-6,9-10,19-37H,11-12H2/t19-,20-,21-,22-,23-,24-,25-,26-,27-,28?/m1/s1. The number of hydrogen-bond acceptors (Lipinski definition) is 10. The molecule has 2 aliphatic heterocycles. The topological polar surface area (TPSA) is 196 Å². The molecule has 2 aromatic carbocycles. The molecule has 11 heteroatoms. The minimum Gasteiger partial charge on any atom is -0.394 e. The molecule has 11 nitrogen and oxygen atoms in total. The fourth-order valence-electron chi connectivity index (χ4n) is 4.82. The second kappa shape index (κ2) is 11.2. The van der Waals surface area contributed by atoms with Crippen LogP contribution in [-0.4, -0.2) is 120 Å². The molecule has 1 unspecified atom stereocenters. The number of fused-ring (bicyclic) bond motifs is 3. The molecule has 0 aliphatic carbocycles. The van der Waals surface area contributed by atoms with E-state index >= 15 is 0 Å². The van der Waals surface area contributed by atoms with Gasteiger partial charge in [-0.05, 0) is 24.3 Å². The molecular formula is C28H29NO10. The summed E-state index contributed by atoms with van der Waals surface area (Å²) in [5.74, 6) is 11.3. The SMILES string of the molecule is OC[C@H]1O[C@H](C#Cc2ccc3c(c2)[nH]c2cc(C#C[C@H]4O[C@H](CO)[C@@H](O)C(O)[C@@H]4O)ccc23)[C@@H](O)[C@@H](O)[C@@H]1O. The Balaban J connectivity index is 1.37. The van der Waals surface area contributed by atoms with Crippen LogP contribution in [0.5, 0.6) is 0 Å². The lowest BCUT2D eigenvalue weighted by Crippen LogP contribution is -2.58. The Hall–Kier alpha value is -3.04. The summed E-state index contributed by atoms with van der Waals surface area (Å²) in [6.45, 7) is -1.06. The average Bonchev–Trinajstić information content (AvgIpc) is 3.31. The Morgan fingerprint density at radius 1 is 0.590 bits per heavy atom. The number of rotatable bonds is 2. The molecule has 3 aromatic rings. The van der Waals surface area contributed by atoms with Crippen molar-refractivity contribution in [2.45, 2.75) is 61.0 Å². The summed E-state index contributed by atoms with van der Waals surface area (Å²) in [5.41, 5.74) is 2.77. The monoisotopic (exact) mass is 539 g/mol. The zero-order valence-electron chi connectivity index (χ0n) is 20.5. The van der Waals surface area contributed by atoms with Crippen LogP contribution >= 0.6 is 0 Å². The van der Waals surface area contributed by atoms with Gasteiger partial charge in [0.15, 0.2) is 0 Å². The second-order valence-electron chi connectivity index (χ2n) is 9.68. The van der Waals surface area contributed by atoms with Crippen molar-refractivity contribution in [2.24, 2.45) is 0 Å². The number of aliphatic hydroxyl groups is 8. The van der Waals surface area contributed by atoms with Crippen molar-refractivity contribution in [3.05, 3.63) is 47.5 Å². The molecule has 5 rings (SSSR count). The summed E-state index contributed by atoms with van der Waals surface area (Å²) in [7, 11) is 0. The predicted molar refractivity (Wildman–Crippen MR) is 137 cm³/mol. The first-order valence-electron chi connectivity index (χ1n) is 12.4. The summed E-state index contributed by atoms with van der Waals surface area (Å²) in [6, 6.07) is 11.0. The third-order valence-electron chi connectivity index (χ3n) is 7.10. The summed E-state index contributed by atoms with van der Waals surface area (Å²) in [5, 5.41) is 80.7. The number of aromatic nitrogens is 1. The van der Waals surface area contributed by atoms with Gasteiger partial charge < -0.3 is 55.3 Å². The highest BCUT2D eigenvalue weighted by atomic mass is 16.5. The van der Waals surface area contributed by atoms with Crippen molar-refractivity contribution in [1.82, 2.24) is 4.98 Å². The molecule has 2 aliphatic rings. The molecule has 2 fully saturated rings. The van der Waals surface area contributed by atoms with Crippen LogP contribution in [0.2, 0.25) is 0 Å². The molecule has 0 bridgehead atoms. The van der Waals surface area contributed by atoms with E-state index in [0.29, 0.717) is 11.1 Å². The maximum atomic E-state index is 10.2. The molecule has 2 saturated heterocycles. The molecule has 0 saturated carbocycles. The van der Waals surface area contributed by atoms with Crippen LogP contribution in [0.15, 0.2) is 36.4 Å². The van der Waals surface area contributed by atoms with Crippen molar-refractivity contribution >= 4 is 21.8 Å². The molecule has 39 heavy (non-hydrogen) atoms. The largest absolute Gasteiger partial charge is 0.394 e. The lowest BCUT2D eigenvalue weighted by Gasteiger charge is -2.37. The third-order valence-corrected chi connectivity index (χ3v) is 7.10. The van der Waals surface area contributed by atoms with Crippen molar-refractivity contribution < 1.29 is 50.3 Å². The van der Waals surface area contributed by atoms with E-state index in [0.717, 1.165) is 21.8 Å². The molecule has 3 heterocycles. The van der Waals surface area contributed by atoms with Gasteiger partial charge in [0.1, 0.15) is 61.0 Å². The predicted octanol–water partition coefficient (Wildman–Crippen LogP) is -2.29. The number of benzene rings is 2. The molecule has 0 radical (unpaired) electrons. The van der Waals surface area contributed by atoms with Crippen molar-refractivity contribution in [3.8, 4) is 23.7 Å². The zero-order chi connectivity index (χ0) is 27.8. The number of aliphatic hydroxyl groups excluding tert-OH is 8. The molecule has 0 amide bonds. The van der Waals surface area contributed by atoms with E-state index in [1.165, 1.54) is 0 Å². The van der Waals surface area contributed by atoms with Crippen molar-refractivity contribution in [3.63, 3.8) is 0 Å². The van der Waals surface area contributed by atoms with Crippen LogP contribution in [0, 0.1) is 23.7 Å². The van der Waals surface area contributed by atoms with E-state index in [9.17, 15) is 40.9 Å². The molecule has 0 spiro atoms. The number of H-pyrrole nitrogens is 1. The lowest BCUT2D eigenvalue weighted by atomic mass is 9.95. The quantitative estimate of drug-likeness (QED) is 0.160. The lowest BCUT2D eigenvalue weighted by molar-refractivity contribution is -0.214. The number of hydrogen-bond donors (Lipinski definition) is 9. The van der Waals surface area contributed by atoms with Gasteiger partial charge in [0.25, 0.3) is 0 Å². The van der Waals surface area contributed by atoms with Crippen LogP contribution < -0.4 is 0 Å². The molecule has 10 atom stereocenters. The van der Waals surface area contributed by atoms with Crippen LogP contribution in [0.3, 0.4) is 0 Å². The highest BCUT2D eigenvalue weighted by Gasteiger charge is 2.43. The molecule has 9 N–H and O–H groups in total. The van der Waals surface area contributed by atoms with E-state index < -0.39 is 74.3 Å². The molecule has 1 aromatic heterocycles. The van der Waals surface area contributed by atoms with Gasteiger partial charge in [-0.1, -0.05) is 35.8 Å². The van der Waals surface area contributed by atoms with Gasteiger partial charge in [0, 0.05) is 32.9 Å². The Morgan fingerprint density at radius 2 is 1.00 bits per heavy atom. The second-order valence-corrected chi connectivity index (χ2v) is 9.68. The Kier molecular flexibility index (Phi) is 7.91. The van der Waals surface area contributed by atoms with Crippen LogP contribution in [-0.2, 0) is 9.47 Å². The van der Waals surface area contributed by atoms with Crippen molar-refractivity contribution in [2.75, 3.05) is 13.2 Å². The fourth-order valence-corrected chi connectivity index (χ4v) is 4.82. The van der Waals surface area contributed by atoms with Gasteiger partial charge in [-0.15, -0.1) is 0 Å². The minimum absolute atomic E-state index is 0.529. The Bertz CT molecular complexity index is 1350. The van der Waals surface area contributed by atoms with E-state index in [2.05, 4.69) is 28.7 Å². The fraction of sp³-hybridized carbons (Fsp3) is 0.429. The van der Waals surface area contributed by atoms with Gasteiger partial charge in [0.2, 0.25) is 0 Å². The first kappa shape index (κ1) is 27.5. The first-order chi connectivity index (χ1) is 18.7. The van der Waals surface area contributed by atoms with E-state index in [4.69, 9.17) is 9.47 Å². The van der Waals surface area contributed by atoms with Gasteiger partial charge in [-0.3, -0.25) is 0 Å². The van der Waals surface area contributed by atoms with Gasteiger partial charge in [-0.2, -0.15) is 0 Å². The number of ether oxygens (including phenoxy) is 2. The molecular weight excluding hydrogens is 510 g/mol. The van der Waals surface area contributed by atoms with Gasteiger partial charge in [-0.25, -0.2) is 0 Å². The van der Waals surface area contributed by atoms with E-state index in [-0.39, 0.29) is 0 Å². The third kappa shape index (κ3) is 5.26. The van der Waals surface area contributed by atoms with Gasteiger partial charge in [0.05, 0.1) is 13.2 Å². The summed E-state index contributed by atoms with van der Waals surface area (Å²) >= 11 is 0. The van der Waals surface area contributed by atoms with Crippen LogP contribution in [0.25, 0.3) is 21.8 Å². The Labute approximate surface area is 222 Å². The maximum absolute atomic E-state index is 10.2. The van der Waals surface area contributed by atoms with Crippen LogP contribution in [0.4, 0.5) is 0 Å². The summed E-state index contributed by atoms with van der Waals surface area (Å²) in [4.78, 5) is 3.30. The summed E-state index contributed by atoms with van der Waals surface area (Å²) < 4.78 is 10.9. The van der Waals surface area contributed by atoms with Crippen LogP contribution in [0.1, 0.15) is 11.1 Å². The smallest absolute Gasteiger partial charge is 0.147 e. The molecule has 206 valence electrons. The van der Waals surface area contributed by atoms with E-state index in [1.807, 2.05) is 24.3 Å². The highest BCUT2D eigenvalue weighted by Crippen LogP contribution is 2.27. The highest BCUT2D eigenvalue weighted by molar-refractivity contribution is 6.07. The Morgan fingerprint density at radius 3 is 1.38 bits per heavy atom.